The van der Waals surface area contributed by atoms with Crippen LogP contribution in [0.5, 0.6) is 0 Å². The summed E-state index contributed by atoms with van der Waals surface area (Å²) in [7, 11) is 0. The van der Waals surface area contributed by atoms with Gasteiger partial charge in [-0.15, -0.1) is 11.3 Å². The summed E-state index contributed by atoms with van der Waals surface area (Å²) in [5, 5.41) is 18.2. The van der Waals surface area contributed by atoms with Crippen LogP contribution in [0.4, 0.5) is 10.8 Å². The van der Waals surface area contributed by atoms with Crippen molar-refractivity contribution in [2.45, 2.75) is 25.3 Å². The van der Waals surface area contributed by atoms with Gasteiger partial charge in [-0.3, -0.25) is 5.41 Å². The molecule has 1 atom stereocenters. The third kappa shape index (κ3) is 5.14. The summed E-state index contributed by atoms with van der Waals surface area (Å²) in [4.78, 5) is 11.3. The van der Waals surface area contributed by atoms with Gasteiger partial charge >= 0.3 is 0 Å². The number of nitrogens with zero attached hydrogens (tertiary/aromatic N) is 4. The lowest BCUT2D eigenvalue weighted by Gasteiger charge is -2.23. The fourth-order valence-corrected chi connectivity index (χ4v) is 5.54. The molecule has 3 heterocycles. The van der Waals surface area contributed by atoms with Crippen LogP contribution in [0.1, 0.15) is 18.7 Å². The fraction of sp³-hybridized carbons (Fsp3) is 0.172. The summed E-state index contributed by atoms with van der Waals surface area (Å²) in [6.07, 6.45) is 2.57. The average Bonchev–Trinajstić information content (AvgIpc) is 3.72. The summed E-state index contributed by atoms with van der Waals surface area (Å²) < 4.78 is 5.49. The zero-order chi connectivity index (χ0) is 25.9. The van der Waals surface area contributed by atoms with Gasteiger partial charge in [-0.25, -0.2) is 4.98 Å². The molecule has 38 heavy (non-hydrogen) atoms. The maximum absolute atomic E-state index is 7.74. The molecule has 0 radical (unpaired) electrons. The molecule has 0 unspecified atom stereocenters. The van der Waals surface area contributed by atoms with Gasteiger partial charge in [0.15, 0.2) is 11.1 Å². The van der Waals surface area contributed by atoms with E-state index in [0.717, 1.165) is 47.0 Å². The largest absolute Gasteiger partial charge is 0.370 e. The summed E-state index contributed by atoms with van der Waals surface area (Å²) in [5.41, 5.74) is 11.9. The van der Waals surface area contributed by atoms with E-state index in [-0.39, 0.29) is 12.0 Å². The van der Waals surface area contributed by atoms with E-state index in [1.54, 1.807) is 11.3 Å². The van der Waals surface area contributed by atoms with Crippen LogP contribution in [0.15, 0.2) is 88.8 Å². The molecule has 0 amide bonds. The Bertz CT molecular complexity index is 1540. The third-order valence-electron chi connectivity index (χ3n) is 6.73. The number of nitrogens with two attached hydrogens (primary N) is 1. The predicted molar refractivity (Wildman–Crippen MR) is 151 cm³/mol. The summed E-state index contributed by atoms with van der Waals surface area (Å²) in [5.74, 6) is 1.21. The Balaban J connectivity index is 1.11. The van der Waals surface area contributed by atoms with Gasteiger partial charge in [-0.05, 0) is 54.3 Å². The van der Waals surface area contributed by atoms with E-state index in [0.29, 0.717) is 18.1 Å². The van der Waals surface area contributed by atoms with E-state index in [1.165, 1.54) is 11.1 Å². The van der Waals surface area contributed by atoms with Crippen molar-refractivity contribution in [2.24, 2.45) is 5.73 Å². The second-order valence-corrected chi connectivity index (χ2v) is 10.1. The van der Waals surface area contributed by atoms with E-state index in [1.807, 2.05) is 35.2 Å². The molecular weight excluding hydrogens is 494 g/mol. The molecule has 1 aliphatic heterocycles. The van der Waals surface area contributed by atoms with Crippen LogP contribution in [0.25, 0.3) is 33.8 Å². The van der Waals surface area contributed by atoms with Crippen LogP contribution in [0, 0.1) is 5.41 Å². The fourth-order valence-electron chi connectivity index (χ4n) is 4.80. The topological polar surface area (TPSA) is 117 Å². The zero-order valence-electron chi connectivity index (χ0n) is 20.7. The number of thiazole rings is 1. The second kappa shape index (κ2) is 10.5. The lowest BCUT2D eigenvalue weighted by atomic mass is 10.0. The number of anilines is 2. The van der Waals surface area contributed by atoms with E-state index >= 15 is 0 Å². The number of nitrogens with one attached hydrogen (secondary N) is 2. The molecular formula is C29H27N7OS. The number of hydrogen-bond acceptors (Lipinski definition) is 7. The molecule has 1 saturated heterocycles. The maximum atomic E-state index is 7.74. The highest BCUT2D eigenvalue weighted by Crippen LogP contribution is 2.31. The van der Waals surface area contributed by atoms with Crippen molar-refractivity contribution >= 4 is 28.1 Å². The minimum absolute atomic E-state index is 0.100. The van der Waals surface area contributed by atoms with Crippen molar-refractivity contribution in [1.82, 2.24) is 20.0 Å². The molecule has 3 aromatic carbocycles. The van der Waals surface area contributed by atoms with Crippen LogP contribution < -0.4 is 11.1 Å². The van der Waals surface area contributed by atoms with Gasteiger partial charge in [-0.2, -0.15) is 4.98 Å². The van der Waals surface area contributed by atoms with E-state index < -0.39 is 0 Å². The Labute approximate surface area is 224 Å². The van der Waals surface area contributed by atoms with Gasteiger partial charge in [0, 0.05) is 41.2 Å². The molecule has 0 aliphatic carbocycles. The smallest absolute Gasteiger partial charge is 0.229 e. The van der Waals surface area contributed by atoms with Crippen LogP contribution in [0.3, 0.4) is 0 Å². The first-order valence-corrected chi connectivity index (χ1v) is 13.4. The first-order chi connectivity index (χ1) is 18.6. The van der Waals surface area contributed by atoms with Gasteiger partial charge in [-0.1, -0.05) is 53.7 Å². The molecule has 9 heteroatoms. The van der Waals surface area contributed by atoms with Crippen molar-refractivity contribution in [2.75, 3.05) is 11.9 Å². The van der Waals surface area contributed by atoms with Crippen molar-refractivity contribution in [3.63, 3.8) is 0 Å². The molecule has 8 nitrogen and oxygen atoms in total. The molecule has 0 bridgehead atoms. The number of likely N-dealkylation sites (tertiary alicyclic amines) is 1. The molecule has 0 spiro atoms. The maximum Gasteiger partial charge on any atom is 0.229 e. The highest BCUT2D eigenvalue weighted by molar-refractivity contribution is 7.14. The minimum atomic E-state index is 0.100. The SMILES string of the molecule is N=C(N)N1CCC[C@H]1Cc1nc(-c2ccc(Nc3nc(-c4cccc(-c5ccccc5)c4)cs3)cc2)no1. The quantitative estimate of drug-likeness (QED) is 0.173. The number of aromatic nitrogens is 3. The average molecular weight is 522 g/mol. The predicted octanol–water partition coefficient (Wildman–Crippen LogP) is 6.17. The van der Waals surface area contributed by atoms with Gasteiger partial charge < -0.3 is 20.5 Å². The highest BCUT2D eigenvalue weighted by Gasteiger charge is 2.27. The van der Waals surface area contributed by atoms with Crippen LogP contribution in [-0.2, 0) is 6.42 Å². The van der Waals surface area contributed by atoms with Gasteiger partial charge in [0.25, 0.3) is 0 Å². The number of hydrogen-bond donors (Lipinski definition) is 3. The van der Waals surface area contributed by atoms with Gasteiger partial charge in [0.1, 0.15) is 0 Å². The van der Waals surface area contributed by atoms with Crippen molar-refractivity contribution in [1.29, 1.82) is 5.41 Å². The Hall–Kier alpha value is -4.50. The highest BCUT2D eigenvalue weighted by atomic mass is 32.1. The Morgan fingerprint density at radius 2 is 1.76 bits per heavy atom. The lowest BCUT2D eigenvalue weighted by Crippen LogP contribution is -2.41. The number of rotatable bonds is 7. The molecule has 4 N–H and O–H groups in total. The molecule has 5 aromatic rings. The van der Waals surface area contributed by atoms with E-state index in [2.05, 4.69) is 69.4 Å². The minimum Gasteiger partial charge on any atom is -0.370 e. The third-order valence-corrected chi connectivity index (χ3v) is 7.49. The first kappa shape index (κ1) is 23.9. The lowest BCUT2D eigenvalue weighted by molar-refractivity contribution is 0.320. The van der Waals surface area contributed by atoms with Crippen LogP contribution in [0.2, 0.25) is 0 Å². The molecule has 6 rings (SSSR count). The summed E-state index contributed by atoms with van der Waals surface area (Å²) >= 11 is 1.57. The normalized spacial score (nSPS) is 15.1. The Morgan fingerprint density at radius 3 is 2.58 bits per heavy atom. The van der Waals surface area contributed by atoms with Crippen molar-refractivity contribution in [3.05, 3.63) is 90.1 Å². The second-order valence-electron chi connectivity index (χ2n) is 9.28. The van der Waals surface area contributed by atoms with Gasteiger partial charge in [0.2, 0.25) is 11.7 Å². The van der Waals surface area contributed by atoms with Crippen LogP contribution >= 0.6 is 11.3 Å². The Kier molecular flexibility index (Phi) is 6.58. The standard InChI is InChI=1S/C29H27N7OS/c30-28(31)36-15-5-10-24(36)17-26-34-27(35-37-26)20-11-13-23(14-12-20)32-29-33-25(18-38-29)22-9-4-8-21(16-22)19-6-2-1-3-7-19/h1-4,6-9,11-14,16,18,24H,5,10,15,17H2,(H3,30,31)(H,32,33)/t24-/m0/s1. The summed E-state index contributed by atoms with van der Waals surface area (Å²) in [6.45, 7) is 0.802. The van der Waals surface area contributed by atoms with E-state index in [4.69, 9.17) is 20.7 Å². The first-order valence-electron chi connectivity index (χ1n) is 12.5. The van der Waals surface area contributed by atoms with Crippen molar-refractivity contribution < 1.29 is 4.52 Å². The number of benzene rings is 3. The zero-order valence-corrected chi connectivity index (χ0v) is 21.5. The monoisotopic (exact) mass is 521 g/mol. The molecule has 1 fully saturated rings. The van der Waals surface area contributed by atoms with Gasteiger partial charge in [0.05, 0.1) is 5.69 Å². The Morgan fingerprint density at radius 1 is 0.974 bits per heavy atom. The van der Waals surface area contributed by atoms with E-state index in [9.17, 15) is 0 Å². The molecule has 2 aromatic heterocycles. The molecule has 0 saturated carbocycles. The molecule has 1 aliphatic rings. The molecule has 190 valence electrons. The summed E-state index contributed by atoms with van der Waals surface area (Å²) in [6, 6.07) is 26.8. The van der Waals surface area contributed by atoms with Crippen LogP contribution in [-0.4, -0.2) is 38.6 Å². The van der Waals surface area contributed by atoms with Crippen molar-refractivity contribution in [3.8, 4) is 33.8 Å². The number of guanidine groups is 1.